The van der Waals surface area contributed by atoms with Crippen molar-refractivity contribution in [2.75, 3.05) is 5.32 Å². The minimum Gasteiger partial charge on any atom is -0.508 e. The number of anilines is 1. The second-order valence-electron chi connectivity index (χ2n) is 5.27. The molecule has 0 bridgehead atoms. The molecule has 0 unspecified atom stereocenters. The zero-order valence-corrected chi connectivity index (χ0v) is 13.1. The van der Waals surface area contributed by atoms with Gasteiger partial charge in [-0.1, -0.05) is 48.5 Å². The molecule has 6 nitrogen and oxygen atoms in total. The number of hydrogen-bond acceptors (Lipinski definition) is 4. The molecule has 0 aromatic heterocycles. The highest BCUT2D eigenvalue weighted by Crippen LogP contribution is 2.22. The summed E-state index contributed by atoms with van der Waals surface area (Å²) in [5, 5.41) is 17.4. The van der Waals surface area contributed by atoms with Crippen molar-refractivity contribution in [1.82, 2.24) is 5.43 Å². The van der Waals surface area contributed by atoms with Crippen LogP contribution in [-0.4, -0.2) is 23.1 Å². The summed E-state index contributed by atoms with van der Waals surface area (Å²) in [5.74, 6) is -1.61. The van der Waals surface area contributed by atoms with E-state index < -0.39 is 11.8 Å². The first kappa shape index (κ1) is 16.2. The number of hydrazone groups is 1. The second-order valence-corrected chi connectivity index (χ2v) is 5.27. The second kappa shape index (κ2) is 7.27. The van der Waals surface area contributed by atoms with Crippen LogP contribution in [0.2, 0.25) is 0 Å². The molecule has 25 heavy (non-hydrogen) atoms. The van der Waals surface area contributed by atoms with E-state index >= 15 is 0 Å². The van der Waals surface area contributed by atoms with Crippen molar-refractivity contribution in [1.29, 1.82) is 0 Å². The van der Waals surface area contributed by atoms with Crippen molar-refractivity contribution in [3.63, 3.8) is 0 Å². The lowest BCUT2D eigenvalue weighted by Gasteiger charge is -2.07. The van der Waals surface area contributed by atoms with E-state index in [2.05, 4.69) is 15.8 Å². The quantitative estimate of drug-likeness (QED) is 0.391. The molecule has 0 aliphatic rings. The maximum absolute atomic E-state index is 12.0. The molecule has 0 aliphatic carbocycles. The minimum atomic E-state index is -0.885. The lowest BCUT2D eigenvalue weighted by molar-refractivity contribution is -0.136. The molecule has 0 saturated carbocycles. The van der Waals surface area contributed by atoms with Gasteiger partial charge in [0.05, 0.1) is 6.21 Å². The number of nitrogens with one attached hydrogen (secondary N) is 2. The molecule has 0 atom stereocenters. The van der Waals surface area contributed by atoms with E-state index in [0.717, 1.165) is 10.8 Å². The van der Waals surface area contributed by atoms with Gasteiger partial charge >= 0.3 is 11.8 Å². The lowest BCUT2D eigenvalue weighted by atomic mass is 10.1. The molecule has 0 radical (unpaired) electrons. The molecule has 3 N–H and O–H groups in total. The predicted octanol–water partition coefficient (Wildman–Crippen LogP) is 2.63. The molecule has 0 fully saturated rings. The van der Waals surface area contributed by atoms with Gasteiger partial charge in [-0.3, -0.25) is 9.59 Å². The van der Waals surface area contributed by atoms with Gasteiger partial charge < -0.3 is 10.4 Å². The van der Waals surface area contributed by atoms with Gasteiger partial charge in [0.15, 0.2) is 0 Å². The molecule has 0 aliphatic heterocycles. The van der Waals surface area contributed by atoms with E-state index in [0.29, 0.717) is 11.3 Å². The first-order chi connectivity index (χ1) is 12.1. The third-order valence-electron chi connectivity index (χ3n) is 3.49. The fourth-order valence-corrected chi connectivity index (χ4v) is 2.33. The maximum Gasteiger partial charge on any atom is 0.329 e. The van der Waals surface area contributed by atoms with Gasteiger partial charge in [-0.2, -0.15) is 5.10 Å². The number of nitrogens with zero attached hydrogens (tertiary/aromatic N) is 1. The third-order valence-corrected chi connectivity index (χ3v) is 3.49. The lowest BCUT2D eigenvalue weighted by Crippen LogP contribution is -2.32. The van der Waals surface area contributed by atoms with Crippen LogP contribution in [0.5, 0.6) is 5.75 Å². The number of amides is 2. The number of benzene rings is 3. The molecule has 2 amide bonds. The zero-order valence-electron chi connectivity index (χ0n) is 13.1. The molecule has 124 valence electrons. The highest BCUT2D eigenvalue weighted by atomic mass is 16.3. The van der Waals surface area contributed by atoms with Crippen LogP contribution in [0.4, 0.5) is 5.69 Å². The normalized spacial score (nSPS) is 10.7. The van der Waals surface area contributed by atoms with E-state index in [9.17, 15) is 14.7 Å². The fourth-order valence-electron chi connectivity index (χ4n) is 2.33. The Kier molecular flexibility index (Phi) is 4.71. The Morgan fingerprint density at radius 2 is 1.68 bits per heavy atom. The molecule has 0 heterocycles. The number of hydrogen-bond donors (Lipinski definition) is 3. The van der Waals surface area contributed by atoms with Gasteiger partial charge in [0, 0.05) is 11.1 Å². The molecular formula is C19H15N3O3. The summed E-state index contributed by atoms with van der Waals surface area (Å²) in [6, 6.07) is 19.3. The van der Waals surface area contributed by atoms with Gasteiger partial charge in [-0.25, -0.2) is 5.43 Å². The number of phenols is 1. The molecule has 6 heteroatoms. The van der Waals surface area contributed by atoms with E-state index in [1.165, 1.54) is 18.3 Å². The Morgan fingerprint density at radius 3 is 2.52 bits per heavy atom. The van der Waals surface area contributed by atoms with Crippen LogP contribution >= 0.6 is 0 Å². The van der Waals surface area contributed by atoms with E-state index in [4.69, 9.17) is 0 Å². The number of phenolic OH excluding ortho intramolecular Hbond substituents is 1. The first-order valence-electron chi connectivity index (χ1n) is 7.55. The summed E-state index contributed by atoms with van der Waals surface area (Å²) in [5.41, 5.74) is 3.30. The van der Waals surface area contributed by atoms with Gasteiger partial charge in [0.1, 0.15) is 5.75 Å². The van der Waals surface area contributed by atoms with Gasteiger partial charge in [-0.15, -0.1) is 0 Å². The molecule has 3 aromatic carbocycles. The average Bonchev–Trinajstić information content (AvgIpc) is 2.62. The SMILES string of the molecule is O=C(N/N=C\c1cccc(O)c1)C(=O)Nc1cccc2ccccc12. The summed E-state index contributed by atoms with van der Waals surface area (Å²) >= 11 is 0. The van der Waals surface area contributed by atoms with Crippen LogP contribution in [-0.2, 0) is 9.59 Å². The Morgan fingerprint density at radius 1 is 0.920 bits per heavy atom. The van der Waals surface area contributed by atoms with Crippen molar-refractivity contribution in [3.8, 4) is 5.75 Å². The van der Waals surface area contributed by atoms with Gasteiger partial charge in [0.25, 0.3) is 0 Å². The Labute approximate surface area is 143 Å². The van der Waals surface area contributed by atoms with E-state index in [1.807, 2.05) is 30.3 Å². The summed E-state index contributed by atoms with van der Waals surface area (Å²) < 4.78 is 0. The van der Waals surface area contributed by atoms with Crippen molar-refractivity contribution in [2.45, 2.75) is 0 Å². The van der Waals surface area contributed by atoms with Crippen molar-refractivity contribution in [3.05, 3.63) is 72.3 Å². The van der Waals surface area contributed by atoms with Crippen LogP contribution in [0.3, 0.4) is 0 Å². The highest BCUT2D eigenvalue weighted by molar-refractivity contribution is 6.40. The third kappa shape index (κ3) is 4.00. The van der Waals surface area contributed by atoms with E-state index in [-0.39, 0.29) is 5.75 Å². The smallest absolute Gasteiger partial charge is 0.329 e. The van der Waals surface area contributed by atoms with E-state index in [1.54, 1.807) is 24.3 Å². The summed E-state index contributed by atoms with van der Waals surface area (Å²) in [6.45, 7) is 0. The van der Waals surface area contributed by atoms with Crippen LogP contribution in [0.1, 0.15) is 5.56 Å². The number of fused-ring (bicyclic) bond motifs is 1. The Hall–Kier alpha value is -3.67. The van der Waals surface area contributed by atoms with Crippen LogP contribution in [0.25, 0.3) is 10.8 Å². The maximum atomic E-state index is 12.0. The number of carbonyl (C=O) groups excluding carboxylic acids is 2. The summed E-state index contributed by atoms with van der Waals surface area (Å²) in [4.78, 5) is 23.9. The van der Waals surface area contributed by atoms with Gasteiger partial charge in [0.2, 0.25) is 0 Å². The number of carbonyl (C=O) groups is 2. The average molecular weight is 333 g/mol. The molecule has 3 rings (SSSR count). The topological polar surface area (TPSA) is 90.8 Å². The standard InChI is InChI=1S/C19H15N3O3/c23-15-8-3-5-13(11-15)12-20-22-19(25)18(24)21-17-10-4-7-14-6-1-2-9-16(14)17/h1-12,23H,(H,21,24)(H,22,25)/b20-12-. The van der Waals surface area contributed by atoms with Gasteiger partial charge in [-0.05, 0) is 29.1 Å². The van der Waals surface area contributed by atoms with Crippen LogP contribution in [0.15, 0.2) is 71.8 Å². The Bertz CT molecular complexity index is 962. The number of aromatic hydroxyl groups is 1. The first-order valence-corrected chi connectivity index (χ1v) is 7.55. The summed E-state index contributed by atoms with van der Waals surface area (Å²) in [6.07, 6.45) is 1.34. The molecule has 0 spiro atoms. The van der Waals surface area contributed by atoms with Crippen LogP contribution in [0, 0.1) is 0 Å². The fraction of sp³-hybridized carbons (Fsp3) is 0. The van der Waals surface area contributed by atoms with Crippen molar-refractivity contribution in [2.24, 2.45) is 5.10 Å². The zero-order chi connectivity index (χ0) is 17.6. The molecule has 0 saturated heterocycles. The molecular weight excluding hydrogens is 318 g/mol. The summed E-state index contributed by atoms with van der Waals surface area (Å²) in [7, 11) is 0. The number of rotatable bonds is 3. The largest absolute Gasteiger partial charge is 0.508 e. The van der Waals surface area contributed by atoms with Crippen LogP contribution < -0.4 is 10.7 Å². The van der Waals surface area contributed by atoms with Crippen molar-refractivity contribution >= 4 is 34.5 Å². The predicted molar refractivity (Wildman–Crippen MR) is 96.4 cm³/mol. The Balaban J connectivity index is 1.65. The molecule has 3 aromatic rings. The minimum absolute atomic E-state index is 0.0870. The monoisotopic (exact) mass is 333 g/mol. The van der Waals surface area contributed by atoms with Crippen molar-refractivity contribution < 1.29 is 14.7 Å². The highest BCUT2D eigenvalue weighted by Gasteiger charge is 2.14.